The first-order valence-electron chi connectivity index (χ1n) is 9.74. The quantitative estimate of drug-likeness (QED) is 0.376. The van der Waals surface area contributed by atoms with E-state index in [4.69, 9.17) is 14.2 Å². The van der Waals surface area contributed by atoms with Crippen LogP contribution in [0.2, 0.25) is 0 Å². The molecule has 0 atom stereocenters. The van der Waals surface area contributed by atoms with Crippen LogP contribution in [0.4, 0.5) is 0 Å². The average molecular weight is 452 g/mol. The van der Waals surface area contributed by atoms with E-state index in [0.717, 1.165) is 10.6 Å². The molecule has 0 radical (unpaired) electrons. The number of hydrogen-bond donors (Lipinski definition) is 0. The van der Waals surface area contributed by atoms with Crippen LogP contribution in [0, 0.1) is 0 Å². The number of carbonyl (C=O) groups is 1. The second-order valence-electron chi connectivity index (χ2n) is 6.76. The molecule has 164 valence electrons. The standard InChI is InChI=1S/C22H20N4O5S/c1-29-18-8-7-14(11-19(18)30-2)21-23-15(13-32-21)12-31-20(27)9-10-26-22(28)16-5-3-4-6-17(16)24-25-26/h3-8,11,13H,9-10,12H2,1-2H3. The SMILES string of the molecule is COc1ccc(-c2nc(COC(=O)CCn3nnc4ccccc4c3=O)cs2)cc1OC. The molecule has 0 unspecified atom stereocenters. The molecule has 32 heavy (non-hydrogen) atoms. The Morgan fingerprint density at radius 2 is 1.91 bits per heavy atom. The number of hydrogen-bond acceptors (Lipinski definition) is 9. The Bertz CT molecular complexity index is 1320. The normalized spacial score (nSPS) is 10.8. The molecule has 9 nitrogen and oxygen atoms in total. The zero-order valence-electron chi connectivity index (χ0n) is 17.5. The minimum Gasteiger partial charge on any atom is -0.493 e. The second-order valence-corrected chi connectivity index (χ2v) is 7.62. The lowest BCUT2D eigenvalue weighted by atomic mass is 10.2. The van der Waals surface area contributed by atoms with Crippen molar-refractivity contribution in [3.8, 4) is 22.1 Å². The summed E-state index contributed by atoms with van der Waals surface area (Å²) in [5, 5.41) is 10.9. The molecule has 0 aliphatic carbocycles. The number of esters is 1. The van der Waals surface area contributed by atoms with Gasteiger partial charge in [0.05, 0.1) is 38.3 Å². The van der Waals surface area contributed by atoms with Crippen molar-refractivity contribution in [2.75, 3.05) is 14.2 Å². The van der Waals surface area contributed by atoms with Crippen molar-refractivity contribution in [3.05, 3.63) is 63.9 Å². The first-order valence-corrected chi connectivity index (χ1v) is 10.6. The molecule has 2 aromatic heterocycles. The summed E-state index contributed by atoms with van der Waals surface area (Å²) in [5.41, 5.74) is 1.74. The molecule has 2 heterocycles. The molecule has 0 spiro atoms. The number of benzene rings is 2. The highest BCUT2D eigenvalue weighted by Crippen LogP contribution is 2.33. The number of fused-ring (bicyclic) bond motifs is 1. The van der Waals surface area contributed by atoms with E-state index < -0.39 is 5.97 Å². The minimum atomic E-state index is -0.451. The molecule has 0 amide bonds. The van der Waals surface area contributed by atoms with E-state index in [1.807, 2.05) is 23.6 Å². The molecule has 0 N–H and O–H groups in total. The fraction of sp³-hybridized carbons (Fsp3) is 0.227. The van der Waals surface area contributed by atoms with Gasteiger partial charge >= 0.3 is 5.97 Å². The van der Waals surface area contributed by atoms with Crippen LogP contribution in [0.1, 0.15) is 12.1 Å². The number of rotatable bonds is 8. The van der Waals surface area contributed by atoms with Crippen LogP contribution >= 0.6 is 11.3 Å². The number of thiazole rings is 1. The second kappa shape index (κ2) is 9.56. The van der Waals surface area contributed by atoms with Gasteiger partial charge in [0.2, 0.25) is 0 Å². The number of carbonyl (C=O) groups excluding carboxylic acids is 1. The maximum Gasteiger partial charge on any atom is 0.308 e. The minimum absolute atomic E-state index is 0.000397. The van der Waals surface area contributed by atoms with Gasteiger partial charge in [-0.05, 0) is 30.3 Å². The van der Waals surface area contributed by atoms with Crippen LogP contribution in [-0.4, -0.2) is 40.2 Å². The summed E-state index contributed by atoms with van der Waals surface area (Å²) in [6.45, 7) is 0.129. The smallest absolute Gasteiger partial charge is 0.308 e. The Labute approximate surface area is 187 Å². The summed E-state index contributed by atoms with van der Waals surface area (Å²) >= 11 is 1.44. The van der Waals surface area contributed by atoms with Crippen molar-refractivity contribution in [2.24, 2.45) is 0 Å². The van der Waals surface area contributed by atoms with Crippen molar-refractivity contribution in [2.45, 2.75) is 19.6 Å². The number of nitrogens with zero attached hydrogens (tertiary/aromatic N) is 4. The Morgan fingerprint density at radius 3 is 2.72 bits per heavy atom. The molecule has 4 aromatic rings. The maximum absolute atomic E-state index is 12.4. The van der Waals surface area contributed by atoms with Gasteiger partial charge in [0.25, 0.3) is 5.56 Å². The molecule has 0 saturated heterocycles. The maximum atomic E-state index is 12.4. The lowest BCUT2D eigenvalue weighted by Crippen LogP contribution is -2.25. The van der Waals surface area contributed by atoms with Gasteiger partial charge < -0.3 is 14.2 Å². The van der Waals surface area contributed by atoms with Crippen LogP contribution in [0.3, 0.4) is 0 Å². The Morgan fingerprint density at radius 1 is 1.09 bits per heavy atom. The predicted molar refractivity (Wildman–Crippen MR) is 119 cm³/mol. The van der Waals surface area contributed by atoms with Crippen LogP contribution in [-0.2, 0) is 22.7 Å². The van der Waals surface area contributed by atoms with Gasteiger partial charge in [0.15, 0.2) is 11.5 Å². The van der Waals surface area contributed by atoms with Crippen molar-refractivity contribution < 1.29 is 19.0 Å². The van der Waals surface area contributed by atoms with Crippen molar-refractivity contribution in [1.29, 1.82) is 0 Å². The fourth-order valence-electron chi connectivity index (χ4n) is 3.07. The van der Waals surface area contributed by atoms with Crippen molar-refractivity contribution in [3.63, 3.8) is 0 Å². The Kier molecular flexibility index (Phi) is 6.41. The van der Waals surface area contributed by atoms with Gasteiger partial charge in [-0.2, -0.15) is 0 Å². The summed E-state index contributed by atoms with van der Waals surface area (Å²) in [5.74, 6) is 0.796. The van der Waals surface area contributed by atoms with E-state index in [1.165, 1.54) is 16.0 Å². The lowest BCUT2D eigenvalue weighted by Gasteiger charge is -2.08. The van der Waals surface area contributed by atoms with Crippen molar-refractivity contribution >= 4 is 28.2 Å². The van der Waals surface area contributed by atoms with E-state index in [1.54, 1.807) is 38.5 Å². The predicted octanol–water partition coefficient (Wildman–Crippen LogP) is 3.07. The zero-order valence-corrected chi connectivity index (χ0v) is 18.3. The van der Waals surface area contributed by atoms with Crippen molar-refractivity contribution in [1.82, 2.24) is 20.0 Å². The van der Waals surface area contributed by atoms with E-state index in [9.17, 15) is 9.59 Å². The molecule has 2 aromatic carbocycles. The Hall–Kier alpha value is -3.79. The van der Waals surface area contributed by atoms with Crippen LogP contribution < -0.4 is 15.0 Å². The summed E-state index contributed by atoms with van der Waals surface area (Å²) in [6, 6.07) is 12.5. The largest absolute Gasteiger partial charge is 0.493 e. The van der Waals surface area contributed by atoms with Gasteiger partial charge in [0.1, 0.15) is 17.1 Å². The third kappa shape index (κ3) is 4.59. The zero-order chi connectivity index (χ0) is 22.5. The van der Waals surface area contributed by atoms with Gasteiger partial charge in [0, 0.05) is 10.9 Å². The summed E-state index contributed by atoms with van der Waals surface area (Å²) < 4.78 is 17.1. The monoisotopic (exact) mass is 452 g/mol. The van der Waals surface area contributed by atoms with E-state index >= 15 is 0 Å². The first-order chi connectivity index (χ1) is 15.6. The van der Waals surface area contributed by atoms with Crippen LogP contribution in [0.5, 0.6) is 11.5 Å². The highest BCUT2D eigenvalue weighted by molar-refractivity contribution is 7.13. The molecule has 0 aliphatic heterocycles. The molecule has 0 bridgehead atoms. The number of methoxy groups -OCH3 is 2. The highest BCUT2D eigenvalue weighted by atomic mass is 32.1. The number of aryl methyl sites for hydroxylation is 1. The van der Waals surface area contributed by atoms with E-state index in [2.05, 4.69) is 15.3 Å². The molecule has 0 aliphatic rings. The molecular weight excluding hydrogens is 432 g/mol. The van der Waals surface area contributed by atoms with Gasteiger partial charge in [-0.15, -0.1) is 16.4 Å². The first kappa shape index (κ1) is 21.4. The van der Waals surface area contributed by atoms with E-state index in [-0.39, 0.29) is 25.1 Å². The molecule has 4 rings (SSSR count). The summed E-state index contributed by atoms with van der Waals surface area (Å²) in [6.07, 6.45) is -0.000397. The van der Waals surface area contributed by atoms with Gasteiger partial charge in [-0.25, -0.2) is 9.67 Å². The third-order valence-electron chi connectivity index (χ3n) is 4.72. The number of aromatic nitrogens is 4. The van der Waals surface area contributed by atoms with Gasteiger partial charge in [-0.1, -0.05) is 17.3 Å². The van der Waals surface area contributed by atoms with Gasteiger partial charge in [-0.3, -0.25) is 9.59 Å². The topological polar surface area (TPSA) is 105 Å². The third-order valence-corrected chi connectivity index (χ3v) is 5.66. The van der Waals surface area contributed by atoms with E-state index in [0.29, 0.717) is 28.1 Å². The van der Waals surface area contributed by atoms with Crippen LogP contribution in [0.25, 0.3) is 21.5 Å². The average Bonchev–Trinajstić information content (AvgIpc) is 3.31. The molecular formula is C22H20N4O5S. The Balaban J connectivity index is 1.35. The van der Waals surface area contributed by atoms with Crippen LogP contribution in [0.15, 0.2) is 52.6 Å². The lowest BCUT2D eigenvalue weighted by molar-refractivity contribution is -0.145. The summed E-state index contributed by atoms with van der Waals surface area (Å²) in [7, 11) is 3.16. The highest BCUT2D eigenvalue weighted by Gasteiger charge is 2.12. The molecule has 10 heteroatoms. The fourth-order valence-corrected chi connectivity index (χ4v) is 3.87. The molecule has 0 saturated carbocycles. The molecule has 0 fully saturated rings. The number of ether oxygens (including phenoxy) is 3. The summed E-state index contributed by atoms with van der Waals surface area (Å²) in [4.78, 5) is 29.1.